The Hall–Kier alpha value is -1.88. The second-order valence-corrected chi connectivity index (χ2v) is 5.49. The summed E-state index contributed by atoms with van der Waals surface area (Å²) >= 11 is 0. The molecule has 1 aliphatic rings. The molecular weight excluding hydrogens is 268 g/mol. The molecular formula is C16H22N2O3. The van der Waals surface area contributed by atoms with Gasteiger partial charge in [0.25, 0.3) is 5.91 Å². The molecule has 0 spiro atoms. The van der Waals surface area contributed by atoms with Crippen molar-refractivity contribution >= 4 is 17.5 Å². The maximum atomic E-state index is 11.9. The normalized spacial score (nSPS) is 15.3. The number of aliphatic hydroxyl groups is 1. The van der Waals surface area contributed by atoms with Gasteiger partial charge >= 0.3 is 0 Å². The van der Waals surface area contributed by atoms with Gasteiger partial charge in [0.05, 0.1) is 6.10 Å². The van der Waals surface area contributed by atoms with E-state index in [0.717, 1.165) is 19.3 Å². The average Bonchev–Trinajstić information content (AvgIpc) is 3.30. The minimum absolute atomic E-state index is 0.0508. The summed E-state index contributed by atoms with van der Waals surface area (Å²) in [6, 6.07) is 6.78. The van der Waals surface area contributed by atoms with Gasteiger partial charge in [0.15, 0.2) is 0 Å². The molecule has 0 heterocycles. The van der Waals surface area contributed by atoms with E-state index >= 15 is 0 Å². The van der Waals surface area contributed by atoms with Crippen LogP contribution in [0.15, 0.2) is 24.3 Å². The highest BCUT2D eigenvalue weighted by atomic mass is 16.3. The Kier molecular flexibility index (Phi) is 5.33. The largest absolute Gasteiger partial charge is 0.391 e. The second kappa shape index (κ2) is 7.22. The van der Waals surface area contributed by atoms with Crippen molar-refractivity contribution in [3.63, 3.8) is 0 Å². The van der Waals surface area contributed by atoms with Gasteiger partial charge in [0.2, 0.25) is 5.91 Å². The van der Waals surface area contributed by atoms with E-state index in [-0.39, 0.29) is 24.3 Å². The van der Waals surface area contributed by atoms with E-state index < -0.39 is 6.10 Å². The maximum absolute atomic E-state index is 11.9. The molecule has 1 unspecified atom stereocenters. The van der Waals surface area contributed by atoms with Gasteiger partial charge in [0.1, 0.15) is 0 Å². The number of carbonyl (C=O) groups is 2. The average molecular weight is 290 g/mol. The van der Waals surface area contributed by atoms with Crippen LogP contribution in [0.2, 0.25) is 0 Å². The van der Waals surface area contributed by atoms with Crippen molar-refractivity contribution in [1.82, 2.24) is 5.32 Å². The Bertz CT molecular complexity index is 495. The third kappa shape index (κ3) is 4.86. The van der Waals surface area contributed by atoms with Crippen LogP contribution in [-0.4, -0.2) is 29.6 Å². The van der Waals surface area contributed by atoms with Crippen LogP contribution in [0.5, 0.6) is 0 Å². The van der Waals surface area contributed by atoms with Gasteiger partial charge in [-0.15, -0.1) is 0 Å². The third-order valence-corrected chi connectivity index (χ3v) is 3.48. The summed E-state index contributed by atoms with van der Waals surface area (Å²) in [5, 5.41) is 15.1. The summed E-state index contributed by atoms with van der Waals surface area (Å²) in [6.45, 7) is 2.24. The molecule has 21 heavy (non-hydrogen) atoms. The minimum Gasteiger partial charge on any atom is -0.391 e. The summed E-state index contributed by atoms with van der Waals surface area (Å²) in [6.07, 6.45) is 2.98. The summed E-state index contributed by atoms with van der Waals surface area (Å²) in [5.41, 5.74) is 1.22. The molecule has 2 rings (SSSR count). The van der Waals surface area contributed by atoms with E-state index in [2.05, 4.69) is 10.6 Å². The van der Waals surface area contributed by atoms with Gasteiger partial charge in [-0.25, -0.2) is 0 Å². The van der Waals surface area contributed by atoms with E-state index in [1.54, 1.807) is 24.3 Å². The maximum Gasteiger partial charge on any atom is 0.251 e. The van der Waals surface area contributed by atoms with Crippen molar-refractivity contribution in [2.75, 3.05) is 11.9 Å². The van der Waals surface area contributed by atoms with Crippen LogP contribution in [-0.2, 0) is 4.79 Å². The van der Waals surface area contributed by atoms with Crippen molar-refractivity contribution in [2.24, 2.45) is 5.92 Å². The molecule has 114 valence electrons. The standard InChI is InChI=1S/C16H22N2O3/c1-2-3-14(19)10-17-15(20)11-6-8-13(9-7-11)18-16(21)12-4-5-12/h6-9,12,14,19H,2-5,10H2,1H3,(H,17,20)(H,18,21). The van der Waals surface area contributed by atoms with E-state index in [0.29, 0.717) is 17.7 Å². The van der Waals surface area contributed by atoms with Crippen molar-refractivity contribution in [1.29, 1.82) is 0 Å². The molecule has 1 saturated carbocycles. The van der Waals surface area contributed by atoms with Gasteiger partial charge in [-0.1, -0.05) is 13.3 Å². The van der Waals surface area contributed by atoms with Gasteiger partial charge in [-0.3, -0.25) is 9.59 Å². The molecule has 2 amide bonds. The van der Waals surface area contributed by atoms with Crippen molar-refractivity contribution in [3.8, 4) is 0 Å². The van der Waals surface area contributed by atoms with Crippen molar-refractivity contribution < 1.29 is 14.7 Å². The van der Waals surface area contributed by atoms with Gasteiger partial charge in [0, 0.05) is 23.7 Å². The third-order valence-electron chi connectivity index (χ3n) is 3.48. The topological polar surface area (TPSA) is 78.4 Å². The number of hydrogen-bond acceptors (Lipinski definition) is 3. The molecule has 0 aliphatic heterocycles. The molecule has 1 aliphatic carbocycles. The first-order valence-electron chi connectivity index (χ1n) is 7.47. The summed E-state index contributed by atoms with van der Waals surface area (Å²) in [4.78, 5) is 23.5. The van der Waals surface area contributed by atoms with Gasteiger partial charge in [-0.2, -0.15) is 0 Å². The van der Waals surface area contributed by atoms with Crippen molar-refractivity contribution in [2.45, 2.75) is 38.7 Å². The summed E-state index contributed by atoms with van der Waals surface area (Å²) < 4.78 is 0. The summed E-state index contributed by atoms with van der Waals surface area (Å²) in [7, 11) is 0. The van der Waals surface area contributed by atoms with Crippen LogP contribution in [0.25, 0.3) is 0 Å². The van der Waals surface area contributed by atoms with Gasteiger partial charge < -0.3 is 15.7 Å². The summed E-state index contributed by atoms with van der Waals surface area (Å²) in [5.74, 6) is -0.00635. The van der Waals surface area contributed by atoms with Crippen LogP contribution < -0.4 is 10.6 Å². The second-order valence-electron chi connectivity index (χ2n) is 5.49. The lowest BCUT2D eigenvalue weighted by Crippen LogP contribution is -2.31. The van der Waals surface area contributed by atoms with Crippen LogP contribution in [0, 0.1) is 5.92 Å². The molecule has 0 radical (unpaired) electrons. The number of carbonyl (C=O) groups excluding carboxylic acids is 2. The van der Waals surface area contributed by atoms with Crippen LogP contribution in [0.1, 0.15) is 43.0 Å². The molecule has 0 aromatic heterocycles. The zero-order valence-electron chi connectivity index (χ0n) is 12.3. The lowest BCUT2D eigenvalue weighted by molar-refractivity contribution is -0.117. The van der Waals surface area contributed by atoms with E-state index in [9.17, 15) is 14.7 Å². The number of hydrogen-bond donors (Lipinski definition) is 3. The zero-order valence-corrected chi connectivity index (χ0v) is 12.3. The van der Waals surface area contributed by atoms with E-state index in [1.165, 1.54) is 0 Å². The molecule has 0 bridgehead atoms. The first-order valence-corrected chi connectivity index (χ1v) is 7.47. The number of benzene rings is 1. The van der Waals surface area contributed by atoms with E-state index in [4.69, 9.17) is 0 Å². The minimum atomic E-state index is -0.504. The molecule has 1 aromatic rings. The quantitative estimate of drug-likeness (QED) is 0.718. The number of amides is 2. The Labute approximate surface area is 124 Å². The molecule has 1 fully saturated rings. The Morgan fingerprint density at radius 1 is 1.29 bits per heavy atom. The fourth-order valence-electron chi connectivity index (χ4n) is 2.04. The molecule has 1 aromatic carbocycles. The Morgan fingerprint density at radius 2 is 1.95 bits per heavy atom. The van der Waals surface area contributed by atoms with Crippen molar-refractivity contribution in [3.05, 3.63) is 29.8 Å². The highest BCUT2D eigenvalue weighted by molar-refractivity contribution is 5.96. The Morgan fingerprint density at radius 3 is 2.52 bits per heavy atom. The molecule has 1 atom stereocenters. The molecule has 5 heteroatoms. The van der Waals surface area contributed by atoms with Crippen LogP contribution >= 0.6 is 0 Å². The Balaban J connectivity index is 1.82. The predicted octanol–water partition coefficient (Wildman–Crippen LogP) is 1.93. The molecule has 0 saturated heterocycles. The fourth-order valence-corrected chi connectivity index (χ4v) is 2.04. The first-order chi connectivity index (χ1) is 10.1. The molecule has 5 nitrogen and oxygen atoms in total. The predicted molar refractivity (Wildman–Crippen MR) is 81.0 cm³/mol. The number of anilines is 1. The number of rotatable bonds is 7. The monoisotopic (exact) mass is 290 g/mol. The van der Waals surface area contributed by atoms with Gasteiger partial charge in [-0.05, 0) is 43.5 Å². The first kappa shape index (κ1) is 15.5. The number of aliphatic hydroxyl groups excluding tert-OH is 1. The zero-order chi connectivity index (χ0) is 15.2. The number of nitrogens with one attached hydrogen (secondary N) is 2. The van der Waals surface area contributed by atoms with Crippen LogP contribution in [0.4, 0.5) is 5.69 Å². The van der Waals surface area contributed by atoms with Crippen LogP contribution in [0.3, 0.4) is 0 Å². The lowest BCUT2D eigenvalue weighted by Gasteiger charge is -2.11. The highest BCUT2D eigenvalue weighted by Crippen LogP contribution is 2.30. The SMILES string of the molecule is CCCC(O)CNC(=O)c1ccc(NC(=O)C2CC2)cc1. The fraction of sp³-hybridized carbons (Fsp3) is 0.500. The van der Waals surface area contributed by atoms with E-state index in [1.807, 2.05) is 6.92 Å². The smallest absolute Gasteiger partial charge is 0.251 e. The molecule has 3 N–H and O–H groups in total. The lowest BCUT2D eigenvalue weighted by atomic mass is 10.1. The highest BCUT2D eigenvalue weighted by Gasteiger charge is 2.29.